The molecule has 1 fully saturated rings. The predicted octanol–water partition coefficient (Wildman–Crippen LogP) is 4.18. The molecule has 1 saturated carbocycles. The fourth-order valence-corrected chi connectivity index (χ4v) is 5.47. The van der Waals surface area contributed by atoms with Gasteiger partial charge >= 0.3 is 0 Å². The molecule has 2 N–H and O–H groups in total. The smallest absolute Gasteiger partial charge is 0.262 e. The molecular weight excluding hydrogens is 448 g/mol. The molecule has 2 aliphatic rings. The van der Waals surface area contributed by atoms with E-state index in [4.69, 9.17) is 0 Å². The minimum atomic E-state index is -3.76. The second-order valence-electron chi connectivity index (χ2n) is 9.29. The average molecular weight is 483 g/mol. The number of hydrogen-bond acceptors (Lipinski definition) is 5. The standard InChI is InChI=1S/C26H34N4O3S/c1-20(22-14-15-22)30(18-21-9-4-2-5-10-21)19-26(31)28-23-11-8-12-24(17-23)34(32,33)29-25-13-6-3-7-16-27-25/h2,4-5,8-12,17,20,22H,3,6-7,13-16,18-19H2,1H3,(H,27,29)(H,28,31). The molecule has 1 heterocycles. The molecule has 2 aromatic rings. The van der Waals surface area contributed by atoms with E-state index in [-0.39, 0.29) is 17.3 Å². The molecular formula is C26H34N4O3S. The van der Waals surface area contributed by atoms with Crippen LogP contribution in [0.15, 0.2) is 64.5 Å². The summed E-state index contributed by atoms with van der Waals surface area (Å²) >= 11 is 0. The summed E-state index contributed by atoms with van der Waals surface area (Å²) in [6.45, 7) is 3.78. The largest absolute Gasteiger partial charge is 0.325 e. The van der Waals surface area contributed by atoms with Gasteiger partial charge in [-0.15, -0.1) is 0 Å². The number of benzene rings is 2. The van der Waals surface area contributed by atoms with Crippen molar-refractivity contribution in [3.05, 3.63) is 60.2 Å². The zero-order valence-corrected chi connectivity index (χ0v) is 20.6. The molecule has 1 aliphatic carbocycles. The molecule has 34 heavy (non-hydrogen) atoms. The maximum absolute atomic E-state index is 12.9. The highest BCUT2D eigenvalue weighted by atomic mass is 32.2. The van der Waals surface area contributed by atoms with Crippen molar-refractivity contribution in [3.63, 3.8) is 0 Å². The van der Waals surface area contributed by atoms with Crippen LogP contribution in [-0.2, 0) is 21.4 Å². The Labute approximate surface area is 202 Å². The third-order valence-corrected chi connectivity index (χ3v) is 7.89. The van der Waals surface area contributed by atoms with Crippen molar-refractivity contribution in [2.24, 2.45) is 10.9 Å². The van der Waals surface area contributed by atoms with Crippen LogP contribution in [0.25, 0.3) is 0 Å². The van der Waals surface area contributed by atoms with E-state index in [2.05, 4.69) is 39.0 Å². The first kappa shape index (κ1) is 24.4. The van der Waals surface area contributed by atoms with Crippen LogP contribution in [0.3, 0.4) is 0 Å². The van der Waals surface area contributed by atoms with Gasteiger partial charge in [-0.2, -0.15) is 0 Å². The topological polar surface area (TPSA) is 90.9 Å². The van der Waals surface area contributed by atoms with E-state index < -0.39 is 10.0 Å². The number of aliphatic imine (C=N–C) groups is 1. The molecule has 1 amide bonds. The Morgan fingerprint density at radius 1 is 1.09 bits per heavy atom. The zero-order chi connectivity index (χ0) is 24.0. The Kier molecular flexibility index (Phi) is 8.00. The highest BCUT2D eigenvalue weighted by Gasteiger charge is 2.32. The summed E-state index contributed by atoms with van der Waals surface area (Å²) in [6, 6.07) is 16.9. The molecule has 7 nitrogen and oxygen atoms in total. The van der Waals surface area contributed by atoms with Crippen LogP contribution in [0.2, 0.25) is 0 Å². The van der Waals surface area contributed by atoms with Gasteiger partial charge in [0.05, 0.1) is 11.4 Å². The molecule has 1 atom stereocenters. The van der Waals surface area contributed by atoms with Gasteiger partial charge in [0.2, 0.25) is 5.91 Å². The third kappa shape index (κ3) is 6.90. The lowest BCUT2D eigenvalue weighted by Gasteiger charge is -2.28. The number of nitrogens with zero attached hydrogens (tertiary/aromatic N) is 2. The molecule has 2 aromatic carbocycles. The van der Waals surface area contributed by atoms with Crippen LogP contribution in [0.1, 0.15) is 51.0 Å². The van der Waals surface area contributed by atoms with E-state index in [9.17, 15) is 13.2 Å². The van der Waals surface area contributed by atoms with Crippen LogP contribution < -0.4 is 10.0 Å². The molecule has 0 saturated heterocycles. The maximum atomic E-state index is 12.9. The van der Waals surface area contributed by atoms with Crippen molar-refractivity contribution in [1.82, 2.24) is 9.62 Å². The number of rotatable bonds is 9. The first-order chi connectivity index (χ1) is 16.4. The molecule has 182 valence electrons. The summed E-state index contributed by atoms with van der Waals surface area (Å²) in [6.07, 6.45) is 5.99. The quantitative estimate of drug-likeness (QED) is 0.561. The summed E-state index contributed by atoms with van der Waals surface area (Å²) in [5.41, 5.74) is 1.64. The highest BCUT2D eigenvalue weighted by molar-refractivity contribution is 7.90. The molecule has 8 heteroatoms. The number of carbonyl (C=O) groups is 1. The Morgan fingerprint density at radius 2 is 1.88 bits per heavy atom. The van der Waals surface area contributed by atoms with Crippen molar-refractivity contribution in [2.45, 2.75) is 62.9 Å². The van der Waals surface area contributed by atoms with Crippen molar-refractivity contribution in [2.75, 3.05) is 18.4 Å². The van der Waals surface area contributed by atoms with E-state index in [1.54, 1.807) is 12.1 Å². The molecule has 1 aliphatic heterocycles. The lowest BCUT2D eigenvalue weighted by atomic mass is 10.1. The summed E-state index contributed by atoms with van der Waals surface area (Å²) in [5, 5.41) is 2.90. The Bertz CT molecular complexity index is 1110. The van der Waals surface area contributed by atoms with E-state index in [0.29, 0.717) is 43.0 Å². The minimum Gasteiger partial charge on any atom is -0.325 e. The Morgan fingerprint density at radius 3 is 2.65 bits per heavy atom. The first-order valence-electron chi connectivity index (χ1n) is 12.1. The third-order valence-electron chi connectivity index (χ3n) is 6.51. The normalized spacial score (nSPS) is 17.5. The predicted molar refractivity (Wildman–Crippen MR) is 135 cm³/mol. The van der Waals surface area contributed by atoms with Gasteiger partial charge in [-0.3, -0.25) is 19.4 Å². The molecule has 4 rings (SSSR count). The van der Waals surface area contributed by atoms with Gasteiger partial charge in [-0.1, -0.05) is 42.8 Å². The van der Waals surface area contributed by atoms with Gasteiger partial charge in [0.25, 0.3) is 10.0 Å². The van der Waals surface area contributed by atoms with E-state index in [1.165, 1.54) is 30.5 Å². The number of amidine groups is 1. The number of sulfonamides is 1. The van der Waals surface area contributed by atoms with Crippen molar-refractivity contribution < 1.29 is 13.2 Å². The molecule has 0 aromatic heterocycles. The fourth-order valence-electron chi connectivity index (χ4n) is 4.34. The lowest BCUT2D eigenvalue weighted by Crippen LogP contribution is -2.40. The number of nitrogens with one attached hydrogen (secondary N) is 2. The molecule has 1 unspecified atom stereocenters. The number of amides is 1. The second-order valence-corrected chi connectivity index (χ2v) is 11.0. The monoisotopic (exact) mass is 482 g/mol. The van der Waals surface area contributed by atoms with Crippen LogP contribution in [0.4, 0.5) is 5.69 Å². The Hall–Kier alpha value is -2.71. The van der Waals surface area contributed by atoms with Crippen molar-refractivity contribution in [1.29, 1.82) is 0 Å². The molecule has 0 spiro atoms. The average Bonchev–Trinajstić information content (AvgIpc) is 3.67. The summed E-state index contributed by atoms with van der Waals surface area (Å²) < 4.78 is 28.4. The molecule has 0 radical (unpaired) electrons. The minimum absolute atomic E-state index is 0.115. The van der Waals surface area contributed by atoms with Crippen LogP contribution in [0, 0.1) is 5.92 Å². The highest BCUT2D eigenvalue weighted by Crippen LogP contribution is 2.35. The number of hydrogen-bond donors (Lipinski definition) is 2. The van der Waals surface area contributed by atoms with Crippen LogP contribution in [-0.4, -0.2) is 44.2 Å². The van der Waals surface area contributed by atoms with E-state index >= 15 is 0 Å². The fraction of sp³-hybridized carbons (Fsp3) is 0.462. The first-order valence-corrected chi connectivity index (χ1v) is 13.6. The molecule has 0 bridgehead atoms. The summed E-state index contributed by atoms with van der Waals surface area (Å²) in [7, 11) is -3.76. The van der Waals surface area contributed by atoms with Crippen LogP contribution in [0.5, 0.6) is 0 Å². The van der Waals surface area contributed by atoms with Gasteiger partial charge in [0.15, 0.2) is 0 Å². The maximum Gasteiger partial charge on any atom is 0.262 e. The van der Waals surface area contributed by atoms with Gasteiger partial charge in [-0.25, -0.2) is 8.42 Å². The van der Waals surface area contributed by atoms with Crippen molar-refractivity contribution >= 4 is 27.5 Å². The summed E-state index contributed by atoms with van der Waals surface area (Å²) in [5.74, 6) is 0.986. The van der Waals surface area contributed by atoms with E-state index in [0.717, 1.165) is 19.3 Å². The van der Waals surface area contributed by atoms with Gasteiger partial charge in [-0.05, 0) is 62.3 Å². The summed E-state index contributed by atoms with van der Waals surface area (Å²) in [4.78, 5) is 19.6. The number of anilines is 1. The lowest BCUT2D eigenvalue weighted by molar-refractivity contribution is -0.118. The SMILES string of the molecule is CC(C1CC1)N(CC(=O)Nc1cccc(S(=O)(=O)NC2=NCCCCC2)c1)Cc1ccccc1. The van der Waals surface area contributed by atoms with E-state index in [1.807, 2.05) is 18.2 Å². The van der Waals surface area contributed by atoms with Crippen molar-refractivity contribution in [3.8, 4) is 0 Å². The zero-order valence-electron chi connectivity index (χ0n) is 19.7. The van der Waals surface area contributed by atoms with Crippen LogP contribution >= 0.6 is 0 Å². The second kappa shape index (κ2) is 11.1. The number of carbonyl (C=O) groups excluding carboxylic acids is 1. The Balaban J connectivity index is 1.41. The van der Waals surface area contributed by atoms with Gasteiger partial charge in [0, 0.05) is 31.2 Å². The van der Waals surface area contributed by atoms with Gasteiger partial charge in [0.1, 0.15) is 5.84 Å². The van der Waals surface area contributed by atoms with Gasteiger partial charge < -0.3 is 5.32 Å².